The Kier molecular flexibility index (Phi) is 4.04. The molecule has 90 valence electrons. The Morgan fingerprint density at radius 2 is 1.81 bits per heavy atom. The van der Waals surface area contributed by atoms with E-state index in [4.69, 9.17) is 0 Å². The van der Waals surface area contributed by atoms with Crippen LogP contribution in [0, 0.1) is 5.82 Å². The molecule has 1 rings (SSSR count). The second-order valence-electron chi connectivity index (χ2n) is 3.68. The molecule has 16 heavy (non-hydrogen) atoms. The molecule has 0 aliphatic heterocycles. The van der Waals surface area contributed by atoms with Crippen molar-refractivity contribution < 1.29 is 17.9 Å². The SMILES string of the molecule is CCC(O)C(C)S(=O)(=O)c1ccc(F)cc1. The molecule has 2 unspecified atom stereocenters. The average Bonchev–Trinajstić information content (AvgIpc) is 2.27. The molecule has 0 aromatic heterocycles. The van der Waals surface area contributed by atoms with E-state index in [0.29, 0.717) is 6.42 Å². The van der Waals surface area contributed by atoms with Gasteiger partial charge in [-0.05, 0) is 37.6 Å². The standard InChI is InChI=1S/C11H15FO3S/c1-3-11(13)8(2)16(14,15)10-6-4-9(12)5-7-10/h4-8,11,13H,3H2,1-2H3. The minimum atomic E-state index is -3.58. The zero-order chi connectivity index (χ0) is 12.3. The van der Waals surface area contributed by atoms with E-state index in [2.05, 4.69) is 0 Å². The summed E-state index contributed by atoms with van der Waals surface area (Å²) in [6, 6.07) is 4.61. The third kappa shape index (κ3) is 2.59. The fourth-order valence-corrected chi connectivity index (χ4v) is 2.93. The summed E-state index contributed by atoms with van der Waals surface area (Å²) in [5.41, 5.74) is 0. The average molecular weight is 246 g/mol. The Morgan fingerprint density at radius 1 is 1.31 bits per heavy atom. The molecule has 0 spiro atoms. The van der Waals surface area contributed by atoms with Crippen LogP contribution in [-0.2, 0) is 9.84 Å². The van der Waals surface area contributed by atoms with Gasteiger partial charge in [-0.2, -0.15) is 0 Å². The molecule has 0 bridgehead atoms. The summed E-state index contributed by atoms with van der Waals surface area (Å²) in [5.74, 6) is -0.484. The largest absolute Gasteiger partial charge is 0.392 e. The van der Waals surface area contributed by atoms with Gasteiger partial charge in [0, 0.05) is 0 Å². The van der Waals surface area contributed by atoms with Crippen LogP contribution >= 0.6 is 0 Å². The van der Waals surface area contributed by atoms with Gasteiger partial charge in [-0.3, -0.25) is 0 Å². The van der Waals surface area contributed by atoms with Gasteiger partial charge in [-0.1, -0.05) is 6.92 Å². The molecule has 5 heteroatoms. The van der Waals surface area contributed by atoms with Crippen LogP contribution in [0.4, 0.5) is 4.39 Å². The van der Waals surface area contributed by atoms with Crippen LogP contribution in [0.15, 0.2) is 29.2 Å². The van der Waals surface area contributed by atoms with Crippen molar-refractivity contribution in [1.29, 1.82) is 0 Å². The molecule has 1 aromatic rings. The minimum Gasteiger partial charge on any atom is -0.392 e. The molecule has 1 N–H and O–H groups in total. The monoisotopic (exact) mass is 246 g/mol. The lowest BCUT2D eigenvalue weighted by molar-refractivity contribution is 0.168. The highest BCUT2D eigenvalue weighted by atomic mass is 32.2. The van der Waals surface area contributed by atoms with E-state index in [0.717, 1.165) is 12.1 Å². The van der Waals surface area contributed by atoms with Crippen LogP contribution in [0.3, 0.4) is 0 Å². The molecule has 0 saturated carbocycles. The first kappa shape index (κ1) is 13.1. The highest BCUT2D eigenvalue weighted by Gasteiger charge is 2.28. The molecule has 1 aromatic carbocycles. The Hall–Kier alpha value is -0.940. The maximum Gasteiger partial charge on any atom is 0.183 e. The molecule has 0 radical (unpaired) electrons. The van der Waals surface area contributed by atoms with Crippen molar-refractivity contribution in [3.63, 3.8) is 0 Å². The summed E-state index contributed by atoms with van der Waals surface area (Å²) in [7, 11) is -3.58. The summed E-state index contributed by atoms with van der Waals surface area (Å²) in [6.45, 7) is 3.16. The van der Waals surface area contributed by atoms with Crippen LogP contribution in [-0.4, -0.2) is 24.9 Å². The predicted octanol–water partition coefficient (Wildman–Crippen LogP) is 1.76. The number of sulfone groups is 1. The third-order valence-corrected chi connectivity index (χ3v) is 4.81. The van der Waals surface area contributed by atoms with Gasteiger partial charge in [0.1, 0.15) is 5.82 Å². The van der Waals surface area contributed by atoms with E-state index in [1.54, 1.807) is 6.92 Å². The Labute approximate surface area is 94.8 Å². The number of hydrogen-bond donors (Lipinski definition) is 1. The Morgan fingerprint density at radius 3 is 2.25 bits per heavy atom. The molecule has 0 heterocycles. The molecule has 2 atom stereocenters. The molecule has 0 saturated heterocycles. The maximum absolute atomic E-state index is 12.7. The van der Waals surface area contributed by atoms with Gasteiger partial charge in [-0.25, -0.2) is 12.8 Å². The van der Waals surface area contributed by atoms with Gasteiger partial charge in [0.2, 0.25) is 0 Å². The molecular formula is C11H15FO3S. The highest BCUT2D eigenvalue weighted by molar-refractivity contribution is 7.92. The van der Waals surface area contributed by atoms with Crippen LogP contribution < -0.4 is 0 Å². The number of rotatable bonds is 4. The van der Waals surface area contributed by atoms with Crippen LogP contribution in [0.5, 0.6) is 0 Å². The summed E-state index contributed by atoms with van der Waals surface area (Å²) in [6.07, 6.45) is -0.545. The number of halogens is 1. The van der Waals surface area contributed by atoms with E-state index in [9.17, 15) is 17.9 Å². The lowest BCUT2D eigenvalue weighted by atomic mass is 10.2. The zero-order valence-electron chi connectivity index (χ0n) is 9.22. The minimum absolute atomic E-state index is 0.0360. The number of benzene rings is 1. The maximum atomic E-state index is 12.7. The molecule has 0 fully saturated rings. The number of hydrogen-bond acceptors (Lipinski definition) is 3. The summed E-state index contributed by atoms with van der Waals surface area (Å²) < 4.78 is 36.6. The lowest BCUT2D eigenvalue weighted by Gasteiger charge is -2.17. The highest BCUT2D eigenvalue weighted by Crippen LogP contribution is 2.19. The van der Waals surface area contributed by atoms with Crippen molar-refractivity contribution in [2.24, 2.45) is 0 Å². The van der Waals surface area contributed by atoms with Gasteiger partial charge < -0.3 is 5.11 Å². The lowest BCUT2D eigenvalue weighted by Crippen LogP contribution is -2.30. The van der Waals surface area contributed by atoms with Gasteiger partial charge in [0.05, 0.1) is 16.2 Å². The van der Waals surface area contributed by atoms with Crippen molar-refractivity contribution in [1.82, 2.24) is 0 Å². The van der Waals surface area contributed by atoms with Crippen LogP contribution in [0.1, 0.15) is 20.3 Å². The number of aliphatic hydroxyl groups is 1. The predicted molar refractivity (Wildman–Crippen MR) is 59.3 cm³/mol. The van der Waals surface area contributed by atoms with Gasteiger partial charge in [0.25, 0.3) is 0 Å². The molecule has 0 amide bonds. The molecule has 0 aliphatic rings. The van der Waals surface area contributed by atoms with Crippen molar-refractivity contribution in [3.8, 4) is 0 Å². The first-order valence-electron chi connectivity index (χ1n) is 5.07. The van der Waals surface area contributed by atoms with Gasteiger partial charge in [0.15, 0.2) is 9.84 Å². The molecule has 0 aliphatic carbocycles. The quantitative estimate of drug-likeness (QED) is 0.824. The topological polar surface area (TPSA) is 54.4 Å². The molecule has 3 nitrogen and oxygen atoms in total. The van der Waals surface area contributed by atoms with Crippen molar-refractivity contribution in [3.05, 3.63) is 30.1 Å². The summed E-state index contributed by atoms with van der Waals surface area (Å²) >= 11 is 0. The van der Waals surface area contributed by atoms with E-state index < -0.39 is 27.0 Å². The normalized spacial score (nSPS) is 15.8. The van der Waals surface area contributed by atoms with E-state index in [1.807, 2.05) is 0 Å². The Balaban J connectivity index is 3.07. The van der Waals surface area contributed by atoms with Gasteiger partial charge >= 0.3 is 0 Å². The smallest absolute Gasteiger partial charge is 0.183 e. The third-order valence-electron chi connectivity index (χ3n) is 2.59. The molecular weight excluding hydrogens is 231 g/mol. The number of aliphatic hydroxyl groups excluding tert-OH is 1. The first-order valence-corrected chi connectivity index (χ1v) is 6.61. The van der Waals surface area contributed by atoms with Crippen LogP contribution in [0.25, 0.3) is 0 Å². The fraction of sp³-hybridized carbons (Fsp3) is 0.455. The summed E-state index contributed by atoms with van der Waals surface area (Å²) in [4.78, 5) is 0.0360. The van der Waals surface area contributed by atoms with Crippen molar-refractivity contribution >= 4 is 9.84 Å². The van der Waals surface area contributed by atoms with E-state index >= 15 is 0 Å². The second kappa shape index (κ2) is 4.93. The first-order chi connectivity index (χ1) is 7.39. The van der Waals surface area contributed by atoms with Crippen molar-refractivity contribution in [2.75, 3.05) is 0 Å². The van der Waals surface area contributed by atoms with Gasteiger partial charge in [-0.15, -0.1) is 0 Å². The summed E-state index contributed by atoms with van der Waals surface area (Å²) in [5, 5.41) is 8.64. The Bertz CT molecular complexity index is 439. The van der Waals surface area contributed by atoms with E-state index in [1.165, 1.54) is 19.1 Å². The van der Waals surface area contributed by atoms with E-state index in [-0.39, 0.29) is 4.90 Å². The fourth-order valence-electron chi connectivity index (χ4n) is 1.38. The van der Waals surface area contributed by atoms with Crippen molar-refractivity contribution in [2.45, 2.75) is 36.5 Å². The second-order valence-corrected chi connectivity index (χ2v) is 5.98. The zero-order valence-corrected chi connectivity index (χ0v) is 10.0. The van der Waals surface area contributed by atoms with Crippen LogP contribution in [0.2, 0.25) is 0 Å².